The first-order chi connectivity index (χ1) is 15.8. The van der Waals surface area contributed by atoms with E-state index in [1.807, 2.05) is 13.8 Å². The number of hydrogen-bond donors (Lipinski definition) is 0. The fraction of sp³-hybridized carbons (Fsp3) is 0.357. The topological polar surface area (TPSA) is 18.5 Å². The summed E-state index contributed by atoms with van der Waals surface area (Å²) >= 11 is 0. The van der Waals surface area contributed by atoms with Crippen molar-refractivity contribution >= 4 is 0 Å². The number of ether oxygens (including phenoxy) is 2. The fourth-order valence-corrected chi connectivity index (χ4v) is 2.24. The highest BCUT2D eigenvalue weighted by Gasteiger charge is 2.20. The molecular formula is C28H36F4O2. The predicted molar refractivity (Wildman–Crippen MR) is 134 cm³/mol. The molecule has 0 rings (SSSR count). The Bertz CT molecular complexity index is 919. The molecule has 34 heavy (non-hydrogen) atoms. The highest BCUT2D eigenvalue weighted by atomic mass is 19.2. The minimum atomic E-state index is -1.29. The summed E-state index contributed by atoms with van der Waals surface area (Å²) in [6.45, 7) is 28.9. The zero-order valence-corrected chi connectivity index (χ0v) is 20.7. The molecule has 0 aromatic heterocycles. The molecule has 0 aromatic rings. The van der Waals surface area contributed by atoms with E-state index in [-0.39, 0.29) is 47.2 Å². The van der Waals surface area contributed by atoms with Gasteiger partial charge in [-0.3, -0.25) is 0 Å². The third-order valence-corrected chi connectivity index (χ3v) is 4.98. The summed E-state index contributed by atoms with van der Waals surface area (Å²) in [6, 6.07) is 0. The lowest BCUT2D eigenvalue weighted by atomic mass is 9.98. The predicted octanol–water partition coefficient (Wildman–Crippen LogP) is 9.02. The first-order valence-electron chi connectivity index (χ1n) is 11.0. The summed E-state index contributed by atoms with van der Waals surface area (Å²) in [4.78, 5) is 0. The Morgan fingerprint density at radius 1 is 0.765 bits per heavy atom. The summed E-state index contributed by atoms with van der Waals surface area (Å²) in [5, 5.41) is 0. The van der Waals surface area contributed by atoms with Gasteiger partial charge in [-0.2, -0.15) is 4.39 Å². The van der Waals surface area contributed by atoms with Crippen molar-refractivity contribution in [1.82, 2.24) is 0 Å². The van der Waals surface area contributed by atoms with Crippen LogP contribution in [0.15, 0.2) is 109 Å². The molecule has 0 heterocycles. The highest BCUT2D eigenvalue weighted by molar-refractivity contribution is 5.54. The lowest BCUT2D eigenvalue weighted by molar-refractivity contribution is 0.0486. The van der Waals surface area contributed by atoms with Crippen LogP contribution in [-0.2, 0) is 9.47 Å². The molecule has 0 bridgehead atoms. The maximum absolute atomic E-state index is 14.7. The average molecular weight is 481 g/mol. The van der Waals surface area contributed by atoms with Gasteiger partial charge in [0.2, 0.25) is 5.83 Å². The molecule has 0 aliphatic rings. The van der Waals surface area contributed by atoms with Gasteiger partial charge in [-0.1, -0.05) is 72.4 Å². The number of allylic oxidation sites excluding steroid dienone is 10. The van der Waals surface area contributed by atoms with Crippen LogP contribution in [0.4, 0.5) is 17.6 Å². The maximum Gasteiger partial charge on any atom is 0.200 e. The third kappa shape index (κ3) is 9.56. The van der Waals surface area contributed by atoms with E-state index in [4.69, 9.17) is 9.47 Å². The Morgan fingerprint density at radius 2 is 1.24 bits per heavy atom. The molecule has 0 amide bonds. The zero-order valence-electron chi connectivity index (χ0n) is 20.7. The van der Waals surface area contributed by atoms with Gasteiger partial charge >= 0.3 is 0 Å². The lowest BCUT2D eigenvalue weighted by Crippen LogP contribution is -2.15. The van der Waals surface area contributed by atoms with E-state index in [1.54, 1.807) is 13.8 Å². The number of rotatable bonds is 16. The molecule has 0 aromatic carbocycles. The van der Waals surface area contributed by atoms with Gasteiger partial charge in [0, 0.05) is 17.1 Å². The average Bonchev–Trinajstić information content (AvgIpc) is 2.84. The quantitative estimate of drug-likeness (QED) is 0.125. The van der Waals surface area contributed by atoms with Gasteiger partial charge in [-0.15, -0.1) is 0 Å². The smallest absolute Gasteiger partial charge is 0.200 e. The molecule has 0 N–H and O–H groups in total. The van der Waals surface area contributed by atoms with E-state index in [1.165, 1.54) is 12.2 Å². The van der Waals surface area contributed by atoms with E-state index >= 15 is 0 Å². The first kappa shape index (κ1) is 31.1. The monoisotopic (exact) mass is 480 g/mol. The van der Waals surface area contributed by atoms with Gasteiger partial charge in [0.25, 0.3) is 0 Å². The molecule has 0 saturated heterocycles. The first-order valence-corrected chi connectivity index (χ1v) is 11.0. The van der Waals surface area contributed by atoms with Crippen molar-refractivity contribution < 1.29 is 27.0 Å². The van der Waals surface area contributed by atoms with Gasteiger partial charge < -0.3 is 9.47 Å². The largest absolute Gasteiger partial charge is 0.491 e. The summed E-state index contributed by atoms with van der Waals surface area (Å²) in [6.07, 6.45) is 3.86. The normalized spacial score (nSPS) is 14.6. The van der Waals surface area contributed by atoms with Crippen LogP contribution in [-0.4, -0.2) is 19.3 Å². The van der Waals surface area contributed by atoms with E-state index in [9.17, 15) is 17.6 Å². The van der Waals surface area contributed by atoms with Crippen molar-refractivity contribution in [2.75, 3.05) is 13.2 Å². The number of hydrogen-bond acceptors (Lipinski definition) is 2. The molecule has 0 fully saturated rings. The Hall–Kier alpha value is -2.86. The molecule has 0 aliphatic carbocycles. The number of halogens is 4. The molecule has 188 valence electrons. The Labute approximate surface area is 201 Å². The fourth-order valence-electron chi connectivity index (χ4n) is 2.24. The molecule has 0 spiro atoms. The van der Waals surface area contributed by atoms with Crippen LogP contribution in [0.3, 0.4) is 0 Å². The van der Waals surface area contributed by atoms with Crippen LogP contribution in [0.5, 0.6) is 0 Å². The standard InChI is InChI=1S/C28H36F4O2/c1-11-15-33-24(10)28(32)27(31)22(8)18(4)14-13-17(3)21(7)25(29)26(30)23(9)19(5)16-34-20(6)12-2/h13-14,19-20H,3-4,7-12,15-16H2,1-2,5-6H3/b14-13-,26-25-,28-27-. The van der Waals surface area contributed by atoms with Crippen LogP contribution in [0.25, 0.3) is 0 Å². The second kappa shape index (κ2) is 15.1. The third-order valence-electron chi connectivity index (χ3n) is 4.98. The van der Waals surface area contributed by atoms with Crippen LogP contribution < -0.4 is 0 Å². The van der Waals surface area contributed by atoms with Crippen LogP contribution >= 0.6 is 0 Å². The molecular weight excluding hydrogens is 444 g/mol. The lowest BCUT2D eigenvalue weighted by Gasteiger charge is -2.17. The van der Waals surface area contributed by atoms with Gasteiger partial charge in [-0.05, 0) is 36.5 Å². The van der Waals surface area contributed by atoms with Gasteiger partial charge in [0.05, 0.1) is 19.3 Å². The molecule has 2 nitrogen and oxygen atoms in total. The Kier molecular flexibility index (Phi) is 13.8. The second-order valence-corrected chi connectivity index (χ2v) is 7.85. The summed E-state index contributed by atoms with van der Waals surface area (Å²) in [5.41, 5.74) is -0.774. The van der Waals surface area contributed by atoms with Crippen molar-refractivity contribution in [2.24, 2.45) is 5.92 Å². The summed E-state index contributed by atoms with van der Waals surface area (Å²) in [7, 11) is 0. The SMILES string of the molecule is C=C(/C=C\C(=C)C(=C)/C(F)=C(/F)C(=C)C(C)COC(C)CC)C(=C)/C(F)=C(/F)C(=C)OCCC. The summed E-state index contributed by atoms with van der Waals surface area (Å²) in [5.74, 6) is -5.87. The van der Waals surface area contributed by atoms with Gasteiger partial charge in [0.1, 0.15) is 0 Å². The molecule has 0 saturated carbocycles. The molecule has 6 heteroatoms. The van der Waals surface area contributed by atoms with E-state index in [0.717, 1.165) is 6.42 Å². The minimum absolute atomic E-state index is 0.00143. The molecule has 2 atom stereocenters. The van der Waals surface area contributed by atoms with E-state index < -0.39 is 35.0 Å². The van der Waals surface area contributed by atoms with Crippen LogP contribution in [0.2, 0.25) is 0 Å². The van der Waals surface area contributed by atoms with Gasteiger partial charge in [0.15, 0.2) is 23.2 Å². The summed E-state index contributed by atoms with van der Waals surface area (Å²) < 4.78 is 68.2. The van der Waals surface area contributed by atoms with Crippen molar-refractivity contribution in [3.63, 3.8) is 0 Å². The van der Waals surface area contributed by atoms with E-state index in [2.05, 4.69) is 39.5 Å². The van der Waals surface area contributed by atoms with Crippen molar-refractivity contribution in [3.05, 3.63) is 109 Å². The second-order valence-electron chi connectivity index (χ2n) is 7.85. The minimum Gasteiger partial charge on any atom is -0.491 e. The Balaban J connectivity index is 5.33. The Morgan fingerprint density at radius 3 is 1.68 bits per heavy atom. The zero-order chi connectivity index (χ0) is 26.6. The van der Waals surface area contributed by atoms with Crippen LogP contribution in [0, 0.1) is 5.92 Å². The highest BCUT2D eigenvalue weighted by Crippen LogP contribution is 2.31. The maximum atomic E-state index is 14.7. The molecule has 0 radical (unpaired) electrons. The van der Waals surface area contributed by atoms with Crippen molar-refractivity contribution in [2.45, 2.75) is 46.6 Å². The van der Waals surface area contributed by atoms with Crippen molar-refractivity contribution in [1.29, 1.82) is 0 Å². The van der Waals surface area contributed by atoms with Crippen molar-refractivity contribution in [3.8, 4) is 0 Å². The molecule has 2 unspecified atom stereocenters. The molecule has 0 aliphatic heterocycles. The van der Waals surface area contributed by atoms with Gasteiger partial charge in [-0.25, -0.2) is 13.2 Å². The van der Waals surface area contributed by atoms with E-state index in [0.29, 0.717) is 6.42 Å². The van der Waals surface area contributed by atoms with Crippen LogP contribution in [0.1, 0.15) is 40.5 Å².